The lowest BCUT2D eigenvalue weighted by Gasteiger charge is -1.97. The van der Waals surface area contributed by atoms with Gasteiger partial charge in [0.1, 0.15) is 0 Å². The normalized spacial score (nSPS) is 11.1. The van der Waals surface area contributed by atoms with Crippen LogP contribution in [0.2, 0.25) is 0 Å². The van der Waals surface area contributed by atoms with E-state index in [0.717, 1.165) is 11.3 Å². The van der Waals surface area contributed by atoms with Crippen LogP contribution in [0.3, 0.4) is 0 Å². The van der Waals surface area contributed by atoms with Crippen molar-refractivity contribution in [3.63, 3.8) is 0 Å². The summed E-state index contributed by atoms with van der Waals surface area (Å²) in [5, 5.41) is 9.61. The Bertz CT molecular complexity index is 572. The summed E-state index contributed by atoms with van der Waals surface area (Å²) in [7, 11) is 0. The van der Waals surface area contributed by atoms with Gasteiger partial charge in [0, 0.05) is 30.2 Å². The molecule has 0 aromatic carbocycles. The zero-order chi connectivity index (χ0) is 13.7. The van der Waals surface area contributed by atoms with E-state index in [1.807, 2.05) is 18.2 Å². The number of anilines is 1. The quantitative estimate of drug-likeness (QED) is 0.826. The van der Waals surface area contributed by atoms with Crippen molar-refractivity contribution in [1.29, 1.82) is 0 Å². The fraction of sp³-hybridized carbons (Fsp3) is 0.214. The molecule has 19 heavy (non-hydrogen) atoms. The Labute approximate surface area is 111 Å². The van der Waals surface area contributed by atoms with Crippen LogP contribution in [-0.4, -0.2) is 21.1 Å². The number of aromatic amines is 1. The van der Waals surface area contributed by atoms with Gasteiger partial charge in [-0.05, 0) is 23.6 Å². The molecular formula is C14H16N4O. The number of rotatable bonds is 4. The van der Waals surface area contributed by atoms with Crippen LogP contribution in [0.1, 0.15) is 31.0 Å². The Morgan fingerprint density at radius 3 is 2.95 bits per heavy atom. The molecular weight excluding hydrogens is 240 g/mol. The number of H-pyrrole nitrogens is 1. The molecule has 0 radical (unpaired) electrons. The molecule has 0 spiro atoms. The van der Waals surface area contributed by atoms with E-state index in [9.17, 15) is 4.79 Å². The molecule has 0 aliphatic heterocycles. The van der Waals surface area contributed by atoms with E-state index in [4.69, 9.17) is 0 Å². The number of nitrogens with one attached hydrogen (secondary N) is 2. The average molecular weight is 256 g/mol. The maximum atomic E-state index is 11.7. The first-order valence-corrected chi connectivity index (χ1v) is 6.09. The first-order chi connectivity index (χ1) is 9.15. The monoisotopic (exact) mass is 256 g/mol. The molecule has 0 unspecified atom stereocenters. The highest BCUT2D eigenvalue weighted by molar-refractivity contribution is 6.01. The minimum Gasteiger partial charge on any atom is -0.306 e. The van der Waals surface area contributed by atoms with E-state index < -0.39 is 0 Å². The summed E-state index contributed by atoms with van der Waals surface area (Å²) in [6.45, 7) is 4.11. The third kappa shape index (κ3) is 3.77. The van der Waals surface area contributed by atoms with Gasteiger partial charge in [-0.3, -0.25) is 14.9 Å². The van der Waals surface area contributed by atoms with E-state index in [-0.39, 0.29) is 5.91 Å². The molecule has 1 amide bonds. The van der Waals surface area contributed by atoms with Gasteiger partial charge in [0.2, 0.25) is 5.91 Å². The molecule has 2 aromatic rings. The molecule has 98 valence electrons. The number of carbonyl (C=O) groups excluding carboxylic acids is 1. The van der Waals surface area contributed by atoms with E-state index in [1.54, 1.807) is 18.5 Å². The molecule has 2 heterocycles. The van der Waals surface area contributed by atoms with Gasteiger partial charge in [0.25, 0.3) is 0 Å². The Morgan fingerprint density at radius 1 is 1.47 bits per heavy atom. The second-order valence-electron chi connectivity index (χ2n) is 4.47. The molecule has 2 rings (SSSR count). The molecule has 2 N–H and O–H groups in total. The van der Waals surface area contributed by atoms with Crippen LogP contribution >= 0.6 is 0 Å². The second-order valence-corrected chi connectivity index (χ2v) is 4.47. The van der Waals surface area contributed by atoms with Crippen molar-refractivity contribution >= 4 is 17.8 Å². The minimum absolute atomic E-state index is 0.217. The smallest absolute Gasteiger partial charge is 0.249 e. The molecule has 5 heteroatoms. The summed E-state index contributed by atoms with van der Waals surface area (Å²) in [5.41, 5.74) is 1.87. The molecule has 0 saturated heterocycles. The zero-order valence-corrected chi connectivity index (χ0v) is 10.9. The Hall–Kier alpha value is -2.43. The second kappa shape index (κ2) is 5.95. The van der Waals surface area contributed by atoms with E-state index >= 15 is 0 Å². The molecule has 0 aliphatic rings. The standard InChI is InChI=1S/C14H16N4O/c1-10(2)12-8-13(18-17-12)16-14(19)6-5-11-4-3-7-15-9-11/h3-10H,1-2H3,(H2,16,17,18,19)/b6-5+. The topological polar surface area (TPSA) is 70.7 Å². The van der Waals surface area contributed by atoms with Gasteiger partial charge in [0.05, 0.1) is 0 Å². The van der Waals surface area contributed by atoms with E-state index in [0.29, 0.717) is 11.7 Å². The fourth-order valence-corrected chi connectivity index (χ4v) is 1.51. The molecule has 0 atom stereocenters. The number of carbonyl (C=O) groups is 1. The van der Waals surface area contributed by atoms with Crippen LogP contribution in [0.15, 0.2) is 36.7 Å². The minimum atomic E-state index is -0.217. The van der Waals surface area contributed by atoms with Gasteiger partial charge in [0.15, 0.2) is 5.82 Å². The lowest BCUT2D eigenvalue weighted by atomic mass is 10.1. The maximum Gasteiger partial charge on any atom is 0.249 e. The van der Waals surface area contributed by atoms with Crippen molar-refractivity contribution in [1.82, 2.24) is 15.2 Å². The van der Waals surface area contributed by atoms with Gasteiger partial charge in [-0.25, -0.2) is 0 Å². The van der Waals surface area contributed by atoms with Gasteiger partial charge in [-0.2, -0.15) is 5.10 Å². The number of aromatic nitrogens is 3. The number of nitrogens with zero attached hydrogens (tertiary/aromatic N) is 2. The Balaban J connectivity index is 1.95. The van der Waals surface area contributed by atoms with E-state index in [2.05, 4.69) is 34.3 Å². The Morgan fingerprint density at radius 2 is 2.32 bits per heavy atom. The van der Waals surface area contributed by atoms with Crippen LogP contribution in [0.4, 0.5) is 5.82 Å². The summed E-state index contributed by atoms with van der Waals surface area (Å²) in [4.78, 5) is 15.7. The highest BCUT2D eigenvalue weighted by Crippen LogP contribution is 2.14. The van der Waals surface area contributed by atoms with Crippen LogP contribution in [0.25, 0.3) is 6.08 Å². The highest BCUT2D eigenvalue weighted by atomic mass is 16.1. The van der Waals surface area contributed by atoms with E-state index in [1.165, 1.54) is 6.08 Å². The third-order valence-electron chi connectivity index (χ3n) is 2.58. The average Bonchev–Trinajstić information content (AvgIpc) is 2.86. The van der Waals surface area contributed by atoms with Crippen LogP contribution in [0.5, 0.6) is 0 Å². The number of hydrogen-bond donors (Lipinski definition) is 2. The van der Waals surface area contributed by atoms with Crippen molar-refractivity contribution in [2.75, 3.05) is 5.32 Å². The summed E-state index contributed by atoms with van der Waals surface area (Å²) < 4.78 is 0. The summed E-state index contributed by atoms with van der Waals surface area (Å²) >= 11 is 0. The fourth-order valence-electron chi connectivity index (χ4n) is 1.51. The van der Waals surface area contributed by atoms with Crippen LogP contribution in [-0.2, 0) is 4.79 Å². The van der Waals surface area contributed by atoms with Crippen molar-refractivity contribution < 1.29 is 4.79 Å². The summed E-state index contributed by atoms with van der Waals surface area (Å²) in [6, 6.07) is 5.53. The number of hydrogen-bond acceptors (Lipinski definition) is 3. The molecule has 5 nitrogen and oxygen atoms in total. The van der Waals surface area contributed by atoms with Gasteiger partial charge >= 0.3 is 0 Å². The molecule has 0 bridgehead atoms. The predicted octanol–water partition coefficient (Wildman–Crippen LogP) is 2.58. The highest BCUT2D eigenvalue weighted by Gasteiger charge is 2.05. The Kier molecular flexibility index (Phi) is 4.07. The molecule has 0 aliphatic carbocycles. The molecule has 0 fully saturated rings. The van der Waals surface area contributed by atoms with Crippen LogP contribution in [0, 0.1) is 0 Å². The molecule has 2 aromatic heterocycles. The lowest BCUT2D eigenvalue weighted by Crippen LogP contribution is -2.07. The van der Waals surface area contributed by atoms with Crippen molar-refractivity contribution in [3.8, 4) is 0 Å². The van der Waals surface area contributed by atoms with Crippen molar-refractivity contribution in [3.05, 3.63) is 47.9 Å². The lowest BCUT2D eigenvalue weighted by molar-refractivity contribution is -0.111. The van der Waals surface area contributed by atoms with Gasteiger partial charge in [-0.1, -0.05) is 19.9 Å². The van der Waals surface area contributed by atoms with Crippen molar-refractivity contribution in [2.45, 2.75) is 19.8 Å². The predicted molar refractivity (Wildman–Crippen MR) is 74.6 cm³/mol. The first kappa shape index (κ1) is 13.0. The van der Waals surface area contributed by atoms with Crippen molar-refractivity contribution in [2.24, 2.45) is 0 Å². The first-order valence-electron chi connectivity index (χ1n) is 6.09. The summed E-state index contributed by atoms with van der Waals surface area (Å²) in [6.07, 6.45) is 6.54. The summed E-state index contributed by atoms with van der Waals surface area (Å²) in [5.74, 6) is 0.666. The molecule has 0 saturated carbocycles. The number of pyridine rings is 1. The van der Waals surface area contributed by atoms with Crippen LogP contribution < -0.4 is 5.32 Å². The largest absolute Gasteiger partial charge is 0.306 e. The third-order valence-corrected chi connectivity index (χ3v) is 2.58. The maximum absolute atomic E-state index is 11.7. The SMILES string of the molecule is CC(C)c1cc(NC(=O)/C=C/c2cccnc2)n[nH]1. The number of amides is 1. The van der Waals surface area contributed by atoms with Gasteiger partial charge in [-0.15, -0.1) is 0 Å². The zero-order valence-electron chi connectivity index (χ0n) is 10.9. The van der Waals surface area contributed by atoms with Gasteiger partial charge < -0.3 is 5.32 Å².